The van der Waals surface area contributed by atoms with Gasteiger partial charge in [-0.2, -0.15) is 0 Å². The minimum atomic E-state index is 0.502. The van der Waals surface area contributed by atoms with Crippen molar-refractivity contribution < 1.29 is 0 Å². The Kier molecular flexibility index (Phi) is 1.88. The molecule has 0 amide bonds. The van der Waals surface area contributed by atoms with E-state index in [0.29, 0.717) is 6.17 Å². The van der Waals surface area contributed by atoms with Gasteiger partial charge in [0.05, 0.1) is 6.17 Å². The van der Waals surface area contributed by atoms with E-state index in [0.717, 1.165) is 19.6 Å². The molecule has 2 heterocycles. The van der Waals surface area contributed by atoms with Crippen LogP contribution in [0, 0.1) is 0 Å². The van der Waals surface area contributed by atoms with Gasteiger partial charge >= 0.3 is 0 Å². The summed E-state index contributed by atoms with van der Waals surface area (Å²) in [6, 6.07) is 0. The Morgan fingerprint density at radius 1 is 1.40 bits per heavy atom. The van der Waals surface area contributed by atoms with Crippen molar-refractivity contribution in [2.75, 3.05) is 32.7 Å². The Morgan fingerprint density at radius 2 is 2.30 bits per heavy atom. The topological polar surface area (TPSA) is 29.4 Å². The van der Waals surface area contributed by atoms with Crippen LogP contribution < -0.4 is 10.6 Å². The van der Waals surface area contributed by atoms with Crippen molar-refractivity contribution in [3.05, 3.63) is 0 Å². The molecule has 57 valence electrons. The quantitative estimate of drug-likeness (QED) is 0.518. The molecular formula is C7H14N3. The van der Waals surface area contributed by atoms with Crippen LogP contribution in [0.25, 0.3) is 0 Å². The van der Waals surface area contributed by atoms with E-state index in [9.17, 15) is 0 Å². The summed E-state index contributed by atoms with van der Waals surface area (Å²) in [7, 11) is 0. The summed E-state index contributed by atoms with van der Waals surface area (Å²) in [4.78, 5) is 2.44. The van der Waals surface area contributed by atoms with Crippen molar-refractivity contribution >= 4 is 0 Å². The molecule has 2 saturated heterocycles. The van der Waals surface area contributed by atoms with Crippen LogP contribution in [-0.4, -0.2) is 43.8 Å². The Bertz CT molecular complexity index is 105. The van der Waals surface area contributed by atoms with Crippen LogP contribution in [0.15, 0.2) is 0 Å². The summed E-state index contributed by atoms with van der Waals surface area (Å²) in [5, 5.41) is 7.86. The first kappa shape index (κ1) is 6.58. The van der Waals surface area contributed by atoms with E-state index in [1.54, 1.807) is 0 Å². The summed E-state index contributed by atoms with van der Waals surface area (Å²) in [5.74, 6) is 0. The summed E-state index contributed by atoms with van der Waals surface area (Å²) >= 11 is 0. The second kappa shape index (κ2) is 2.86. The smallest absolute Gasteiger partial charge is 0.0887 e. The first-order chi connectivity index (χ1) is 4.97. The third-order valence-corrected chi connectivity index (χ3v) is 2.27. The molecule has 0 aromatic rings. The lowest BCUT2D eigenvalue weighted by atomic mass is 10.2. The first-order valence-electron chi connectivity index (χ1n) is 4.08. The molecule has 1 unspecified atom stereocenters. The maximum absolute atomic E-state index is 4.51. The third kappa shape index (κ3) is 1.17. The van der Waals surface area contributed by atoms with Crippen LogP contribution in [0.5, 0.6) is 0 Å². The molecule has 2 rings (SSSR count). The van der Waals surface area contributed by atoms with Crippen LogP contribution in [0.3, 0.4) is 0 Å². The van der Waals surface area contributed by atoms with Gasteiger partial charge in [0.15, 0.2) is 0 Å². The number of nitrogens with zero attached hydrogens (tertiary/aromatic N) is 2. The Labute approximate surface area is 61.8 Å². The van der Waals surface area contributed by atoms with Crippen molar-refractivity contribution in [1.29, 1.82) is 0 Å². The number of hydrogen-bond acceptors (Lipinski definition) is 2. The predicted octanol–water partition coefficient (Wildman–Crippen LogP) is -0.774. The fraction of sp³-hybridized carbons (Fsp3) is 1.00. The van der Waals surface area contributed by atoms with Gasteiger partial charge in [-0.25, -0.2) is 5.32 Å². The highest BCUT2D eigenvalue weighted by molar-refractivity contribution is 4.80. The highest BCUT2D eigenvalue weighted by atomic mass is 15.3. The van der Waals surface area contributed by atoms with Crippen LogP contribution in [0.1, 0.15) is 6.42 Å². The summed E-state index contributed by atoms with van der Waals surface area (Å²) in [6.07, 6.45) is 1.87. The lowest BCUT2D eigenvalue weighted by molar-refractivity contribution is 0.0818. The molecule has 0 aliphatic carbocycles. The van der Waals surface area contributed by atoms with Gasteiger partial charge in [-0.15, -0.1) is 0 Å². The van der Waals surface area contributed by atoms with Gasteiger partial charge in [0.2, 0.25) is 0 Å². The number of hydrogen-bond donors (Lipinski definition) is 1. The van der Waals surface area contributed by atoms with Crippen molar-refractivity contribution in [2.24, 2.45) is 0 Å². The van der Waals surface area contributed by atoms with Crippen molar-refractivity contribution in [2.45, 2.75) is 12.6 Å². The second-order valence-electron chi connectivity index (χ2n) is 2.98. The van der Waals surface area contributed by atoms with Crippen LogP contribution in [0.2, 0.25) is 0 Å². The summed E-state index contributed by atoms with van der Waals surface area (Å²) in [5.41, 5.74) is 0. The van der Waals surface area contributed by atoms with Crippen molar-refractivity contribution in [3.8, 4) is 0 Å². The van der Waals surface area contributed by atoms with Gasteiger partial charge in [0, 0.05) is 32.7 Å². The van der Waals surface area contributed by atoms with Crippen LogP contribution in [0.4, 0.5) is 0 Å². The molecule has 1 atom stereocenters. The van der Waals surface area contributed by atoms with Gasteiger partial charge in [-0.1, -0.05) is 0 Å². The summed E-state index contributed by atoms with van der Waals surface area (Å²) in [6.45, 7) is 5.66. The molecular weight excluding hydrogens is 126 g/mol. The fourth-order valence-electron chi connectivity index (χ4n) is 1.47. The molecule has 0 aromatic carbocycles. The van der Waals surface area contributed by atoms with E-state index in [4.69, 9.17) is 0 Å². The van der Waals surface area contributed by atoms with Gasteiger partial charge in [-0.05, 0) is 6.42 Å². The number of nitrogens with one attached hydrogen (secondary N) is 1. The minimum Gasteiger partial charge on any atom is -0.312 e. The predicted molar refractivity (Wildman–Crippen MR) is 39.8 cm³/mol. The number of piperazine rings is 1. The molecule has 3 nitrogen and oxygen atoms in total. The van der Waals surface area contributed by atoms with Crippen molar-refractivity contribution in [1.82, 2.24) is 15.5 Å². The zero-order valence-corrected chi connectivity index (χ0v) is 6.21. The molecule has 0 spiro atoms. The van der Waals surface area contributed by atoms with Gasteiger partial charge in [0.1, 0.15) is 0 Å². The molecule has 2 aliphatic rings. The number of likely N-dealkylation sites (tertiary alicyclic amines) is 1. The molecule has 0 saturated carbocycles. The molecule has 0 bridgehead atoms. The minimum absolute atomic E-state index is 0.502. The Balaban J connectivity index is 1.78. The standard InChI is InChI=1S/C7H14N3/c1-4-10(5-1)7-6-8-2-3-9-7/h7-8H,1-6H2. The zero-order valence-electron chi connectivity index (χ0n) is 6.21. The van der Waals surface area contributed by atoms with Gasteiger partial charge in [0.25, 0.3) is 0 Å². The largest absolute Gasteiger partial charge is 0.312 e. The van der Waals surface area contributed by atoms with Crippen LogP contribution in [-0.2, 0) is 0 Å². The van der Waals surface area contributed by atoms with Crippen molar-refractivity contribution in [3.63, 3.8) is 0 Å². The van der Waals surface area contributed by atoms with E-state index in [2.05, 4.69) is 15.5 Å². The maximum Gasteiger partial charge on any atom is 0.0887 e. The lowest BCUT2D eigenvalue weighted by Crippen LogP contribution is -2.57. The first-order valence-corrected chi connectivity index (χ1v) is 4.08. The highest BCUT2D eigenvalue weighted by Crippen LogP contribution is 2.10. The van der Waals surface area contributed by atoms with E-state index >= 15 is 0 Å². The second-order valence-corrected chi connectivity index (χ2v) is 2.98. The normalized spacial score (nSPS) is 35.4. The summed E-state index contributed by atoms with van der Waals surface area (Å²) < 4.78 is 0. The molecule has 2 aliphatic heterocycles. The Morgan fingerprint density at radius 3 is 2.80 bits per heavy atom. The zero-order chi connectivity index (χ0) is 6.81. The average Bonchev–Trinajstić information content (AvgIpc) is 1.86. The third-order valence-electron chi connectivity index (χ3n) is 2.27. The molecule has 1 radical (unpaired) electrons. The molecule has 10 heavy (non-hydrogen) atoms. The monoisotopic (exact) mass is 140 g/mol. The lowest BCUT2D eigenvalue weighted by Gasteiger charge is -2.39. The highest BCUT2D eigenvalue weighted by Gasteiger charge is 2.25. The van der Waals surface area contributed by atoms with E-state index in [1.807, 2.05) is 0 Å². The number of rotatable bonds is 1. The van der Waals surface area contributed by atoms with E-state index in [1.165, 1.54) is 19.5 Å². The van der Waals surface area contributed by atoms with E-state index in [-0.39, 0.29) is 0 Å². The molecule has 3 heteroatoms. The van der Waals surface area contributed by atoms with Crippen LogP contribution >= 0.6 is 0 Å². The maximum atomic E-state index is 4.51. The molecule has 0 aromatic heterocycles. The SMILES string of the molecule is C1CN(C2CNCC[N]2)C1. The fourth-order valence-corrected chi connectivity index (χ4v) is 1.47. The molecule has 1 N–H and O–H groups in total. The van der Waals surface area contributed by atoms with Gasteiger partial charge < -0.3 is 5.32 Å². The van der Waals surface area contributed by atoms with E-state index < -0.39 is 0 Å². The Hall–Kier alpha value is -0.120. The molecule has 2 fully saturated rings. The van der Waals surface area contributed by atoms with Gasteiger partial charge in [-0.3, -0.25) is 4.90 Å². The average molecular weight is 140 g/mol.